The second kappa shape index (κ2) is 6.59. The highest BCUT2D eigenvalue weighted by atomic mass is 16.3. The van der Waals surface area contributed by atoms with E-state index in [1.807, 2.05) is 19.1 Å². The molecule has 0 radical (unpaired) electrons. The zero-order chi connectivity index (χ0) is 13.7. The fourth-order valence-electron chi connectivity index (χ4n) is 2.06. The molecule has 1 amide bonds. The van der Waals surface area contributed by atoms with E-state index in [1.54, 1.807) is 11.9 Å². The summed E-state index contributed by atoms with van der Waals surface area (Å²) in [5, 5.41) is 0. The molecular weight excluding hydrogens is 228 g/mol. The molecular formula is C14H24N2O2. The third-order valence-electron chi connectivity index (χ3n) is 2.95. The Morgan fingerprint density at radius 2 is 2.11 bits per heavy atom. The van der Waals surface area contributed by atoms with Crippen LogP contribution in [0.2, 0.25) is 0 Å². The molecule has 0 aromatic carbocycles. The molecule has 18 heavy (non-hydrogen) atoms. The zero-order valence-electron chi connectivity index (χ0n) is 11.8. The molecule has 1 unspecified atom stereocenters. The van der Waals surface area contributed by atoms with Gasteiger partial charge in [-0.25, -0.2) is 0 Å². The number of aryl methyl sites for hydroxylation is 1. The number of rotatable bonds is 6. The van der Waals surface area contributed by atoms with Gasteiger partial charge in [0.15, 0.2) is 0 Å². The molecule has 0 aliphatic rings. The van der Waals surface area contributed by atoms with Crippen molar-refractivity contribution < 1.29 is 9.21 Å². The Morgan fingerprint density at radius 3 is 2.56 bits per heavy atom. The molecule has 1 heterocycles. The number of hydrogen-bond acceptors (Lipinski definition) is 3. The molecule has 4 nitrogen and oxygen atoms in total. The molecule has 1 rings (SSSR count). The van der Waals surface area contributed by atoms with Gasteiger partial charge in [-0.2, -0.15) is 0 Å². The van der Waals surface area contributed by atoms with Crippen molar-refractivity contribution in [1.29, 1.82) is 0 Å². The van der Waals surface area contributed by atoms with Gasteiger partial charge >= 0.3 is 0 Å². The predicted octanol–water partition coefficient (Wildman–Crippen LogP) is 2.17. The summed E-state index contributed by atoms with van der Waals surface area (Å²) in [5.41, 5.74) is 5.69. The molecule has 0 saturated carbocycles. The lowest BCUT2D eigenvalue weighted by Crippen LogP contribution is -2.36. The highest BCUT2D eigenvalue weighted by molar-refractivity contribution is 5.78. The van der Waals surface area contributed by atoms with Crippen molar-refractivity contribution in [3.63, 3.8) is 0 Å². The Labute approximate surface area is 109 Å². The van der Waals surface area contributed by atoms with Gasteiger partial charge in [0.2, 0.25) is 5.91 Å². The third kappa shape index (κ3) is 4.18. The minimum absolute atomic E-state index is 0.0916. The molecule has 1 aromatic rings. The zero-order valence-corrected chi connectivity index (χ0v) is 11.8. The maximum Gasteiger partial charge on any atom is 0.227 e. The van der Waals surface area contributed by atoms with Gasteiger partial charge < -0.3 is 15.1 Å². The highest BCUT2D eigenvalue weighted by Gasteiger charge is 2.22. The summed E-state index contributed by atoms with van der Waals surface area (Å²) >= 11 is 0. The molecule has 0 bridgehead atoms. The standard InChI is InChI=1S/C14H24N2O2/c1-10(2)7-12(8-15)14(17)16(4)9-13-6-5-11(3)18-13/h5-6,10,12H,7-9,15H2,1-4H3. The molecule has 0 aliphatic carbocycles. The number of carbonyl (C=O) groups is 1. The monoisotopic (exact) mass is 252 g/mol. The van der Waals surface area contributed by atoms with Crippen LogP contribution in [0, 0.1) is 18.8 Å². The first-order chi connectivity index (χ1) is 8.43. The first kappa shape index (κ1) is 14.8. The fraction of sp³-hybridized carbons (Fsp3) is 0.643. The van der Waals surface area contributed by atoms with Crippen LogP contribution in [0.3, 0.4) is 0 Å². The van der Waals surface area contributed by atoms with Crippen LogP contribution in [0.4, 0.5) is 0 Å². The summed E-state index contributed by atoms with van der Waals surface area (Å²) in [6.07, 6.45) is 0.830. The van der Waals surface area contributed by atoms with Crippen molar-refractivity contribution in [3.8, 4) is 0 Å². The Balaban J connectivity index is 2.59. The lowest BCUT2D eigenvalue weighted by atomic mass is 9.96. The summed E-state index contributed by atoms with van der Waals surface area (Å²) in [5.74, 6) is 2.15. The molecule has 0 fully saturated rings. The van der Waals surface area contributed by atoms with E-state index in [9.17, 15) is 4.79 Å². The number of amides is 1. The lowest BCUT2D eigenvalue weighted by molar-refractivity contribution is -0.135. The first-order valence-electron chi connectivity index (χ1n) is 6.44. The van der Waals surface area contributed by atoms with Gasteiger partial charge in [-0.1, -0.05) is 13.8 Å². The number of nitrogens with zero attached hydrogens (tertiary/aromatic N) is 1. The van der Waals surface area contributed by atoms with Crippen LogP contribution >= 0.6 is 0 Å². The van der Waals surface area contributed by atoms with E-state index in [2.05, 4.69) is 13.8 Å². The van der Waals surface area contributed by atoms with E-state index in [-0.39, 0.29) is 11.8 Å². The van der Waals surface area contributed by atoms with E-state index >= 15 is 0 Å². The van der Waals surface area contributed by atoms with E-state index in [0.29, 0.717) is 19.0 Å². The summed E-state index contributed by atoms with van der Waals surface area (Å²) in [6.45, 7) is 7.00. The summed E-state index contributed by atoms with van der Waals surface area (Å²) in [4.78, 5) is 13.9. The fourth-order valence-corrected chi connectivity index (χ4v) is 2.06. The van der Waals surface area contributed by atoms with Crippen LogP contribution in [-0.2, 0) is 11.3 Å². The van der Waals surface area contributed by atoms with Crippen molar-refractivity contribution in [1.82, 2.24) is 4.90 Å². The molecule has 0 saturated heterocycles. The summed E-state index contributed by atoms with van der Waals surface area (Å²) < 4.78 is 5.47. The third-order valence-corrected chi connectivity index (χ3v) is 2.95. The quantitative estimate of drug-likeness (QED) is 0.844. The molecule has 1 aromatic heterocycles. The SMILES string of the molecule is Cc1ccc(CN(C)C(=O)C(CN)CC(C)C)o1. The van der Waals surface area contributed by atoms with Crippen molar-refractivity contribution in [3.05, 3.63) is 23.7 Å². The van der Waals surface area contributed by atoms with Crippen molar-refractivity contribution in [2.24, 2.45) is 17.6 Å². The van der Waals surface area contributed by atoms with Crippen molar-refractivity contribution in [2.75, 3.05) is 13.6 Å². The Morgan fingerprint density at radius 1 is 1.44 bits per heavy atom. The van der Waals surface area contributed by atoms with Gasteiger partial charge in [0, 0.05) is 13.6 Å². The normalized spacial score (nSPS) is 12.8. The summed E-state index contributed by atoms with van der Waals surface area (Å²) in [7, 11) is 1.79. The second-order valence-corrected chi connectivity index (χ2v) is 5.27. The number of carbonyl (C=O) groups excluding carboxylic acids is 1. The minimum Gasteiger partial charge on any atom is -0.464 e. The first-order valence-corrected chi connectivity index (χ1v) is 6.44. The molecule has 2 N–H and O–H groups in total. The minimum atomic E-state index is -0.0916. The van der Waals surface area contributed by atoms with Gasteiger partial charge in [0.05, 0.1) is 12.5 Å². The van der Waals surface area contributed by atoms with Crippen LogP contribution in [-0.4, -0.2) is 24.4 Å². The largest absolute Gasteiger partial charge is 0.464 e. The molecule has 0 aliphatic heterocycles. The van der Waals surface area contributed by atoms with Gasteiger partial charge in [0.25, 0.3) is 0 Å². The number of furan rings is 1. The lowest BCUT2D eigenvalue weighted by Gasteiger charge is -2.23. The highest BCUT2D eigenvalue weighted by Crippen LogP contribution is 2.15. The average molecular weight is 252 g/mol. The van der Waals surface area contributed by atoms with Crippen LogP contribution in [0.5, 0.6) is 0 Å². The Bertz CT molecular complexity index is 385. The van der Waals surface area contributed by atoms with E-state index in [4.69, 9.17) is 10.2 Å². The van der Waals surface area contributed by atoms with Gasteiger partial charge in [-0.15, -0.1) is 0 Å². The number of hydrogen-bond donors (Lipinski definition) is 1. The smallest absolute Gasteiger partial charge is 0.227 e. The van der Waals surface area contributed by atoms with Gasteiger partial charge in [0.1, 0.15) is 11.5 Å². The Hall–Kier alpha value is -1.29. The van der Waals surface area contributed by atoms with E-state index in [1.165, 1.54) is 0 Å². The van der Waals surface area contributed by atoms with Crippen LogP contribution in [0.1, 0.15) is 31.8 Å². The van der Waals surface area contributed by atoms with Crippen LogP contribution in [0.15, 0.2) is 16.5 Å². The van der Waals surface area contributed by atoms with Crippen molar-refractivity contribution in [2.45, 2.75) is 33.7 Å². The Kier molecular flexibility index (Phi) is 5.41. The summed E-state index contributed by atoms with van der Waals surface area (Å²) in [6, 6.07) is 3.81. The van der Waals surface area contributed by atoms with Gasteiger partial charge in [-0.3, -0.25) is 4.79 Å². The number of nitrogens with two attached hydrogens (primary N) is 1. The average Bonchev–Trinajstić information content (AvgIpc) is 2.70. The topological polar surface area (TPSA) is 59.5 Å². The predicted molar refractivity (Wildman–Crippen MR) is 71.9 cm³/mol. The van der Waals surface area contributed by atoms with E-state index in [0.717, 1.165) is 17.9 Å². The van der Waals surface area contributed by atoms with Crippen LogP contribution in [0.25, 0.3) is 0 Å². The van der Waals surface area contributed by atoms with E-state index < -0.39 is 0 Å². The second-order valence-electron chi connectivity index (χ2n) is 5.27. The molecule has 102 valence electrons. The molecule has 1 atom stereocenters. The molecule has 0 spiro atoms. The molecule has 4 heteroatoms. The van der Waals surface area contributed by atoms with Gasteiger partial charge in [-0.05, 0) is 31.4 Å². The maximum absolute atomic E-state index is 12.2. The van der Waals surface area contributed by atoms with Crippen molar-refractivity contribution >= 4 is 5.91 Å². The maximum atomic E-state index is 12.2. The van der Waals surface area contributed by atoms with Crippen LogP contribution < -0.4 is 5.73 Å².